The van der Waals surface area contributed by atoms with Crippen LogP contribution >= 0.6 is 12.2 Å². The van der Waals surface area contributed by atoms with Crippen LogP contribution in [0.15, 0.2) is 48.5 Å². The summed E-state index contributed by atoms with van der Waals surface area (Å²) in [6.45, 7) is 0.177. The van der Waals surface area contributed by atoms with Gasteiger partial charge in [-0.05, 0) is 42.5 Å². The molecule has 0 bridgehead atoms. The summed E-state index contributed by atoms with van der Waals surface area (Å²) in [6.07, 6.45) is 0. The molecule has 2 aromatic carbocycles. The van der Waals surface area contributed by atoms with Crippen LogP contribution in [0, 0.1) is 10.6 Å². The number of methoxy groups -OCH3 is 1. The van der Waals surface area contributed by atoms with Gasteiger partial charge in [0.15, 0.2) is 10.6 Å². The number of nitrogens with one attached hydrogen (secondary N) is 1. The Labute approximate surface area is 161 Å². The Kier molecular flexibility index (Phi) is 5.66. The molecule has 0 fully saturated rings. The third-order valence-electron chi connectivity index (χ3n) is 4.19. The lowest BCUT2D eigenvalue weighted by Gasteiger charge is -2.18. The number of amides is 1. The fourth-order valence-electron chi connectivity index (χ4n) is 2.65. The Morgan fingerprint density at radius 1 is 1.26 bits per heavy atom. The number of carbonyl (C=O) groups excluding carboxylic acids is 1. The fourth-order valence-corrected chi connectivity index (χ4v) is 2.85. The number of hydrogen-bond acceptors (Lipinski definition) is 4. The zero-order valence-electron chi connectivity index (χ0n) is 15.0. The maximum Gasteiger partial charge on any atom is 0.242 e. The first-order valence-electron chi connectivity index (χ1n) is 8.26. The predicted molar refractivity (Wildman–Crippen MR) is 102 cm³/mol. The molecule has 1 heterocycles. The minimum atomic E-state index is -0.337. The standard InChI is InChI=1S/C19H19FN4O2S/c1-23(11-14-5-3-4-6-16(14)20)17(25)12-24-18(21-22-19(24)27)13-7-9-15(26-2)10-8-13/h3-10H,11-12H2,1-2H3,(H,22,27). The summed E-state index contributed by atoms with van der Waals surface area (Å²) < 4.78 is 20.9. The Morgan fingerprint density at radius 3 is 2.63 bits per heavy atom. The molecule has 1 amide bonds. The van der Waals surface area contributed by atoms with Gasteiger partial charge in [0, 0.05) is 24.7 Å². The van der Waals surface area contributed by atoms with Crippen molar-refractivity contribution >= 4 is 18.1 Å². The molecule has 0 aliphatic carbocycles. The zero-order chi connectivity index (χ0) is 19.4. The molecule has 0 atom stereocenters. The number of hydrogen-bond donors (Lipinski definition) is 1. The largest absolute Gasteiger partial charge is 0.497 e. The van der Waals surface area contributed by atoms with Gasteiger partial charge in [-0.15, -0.1) is 0 Å². The van der Waals surface area contributed by atoms with E-state index in [2.05, 4.69) is 10.2 Å². The monoisotopic (exact) mass is 386 g/mol. The van der Waals surface area contributed by atoms with E-state index in [9.17, 15) is 9.18 Å². The van der Waals surface area contributed by atoms with Crippen LogP contribution in [0.25, 0.3) is 11.4 Å². The average molecular weight is 386 g/mol. The number of ether oxygens (including phenoxy) is 1. The molecule has 6 nitrogen and oxygen atoms in total. The first kappa shape index (κ1) is 18.8. The van der Waals surface area contributed by atoms with Gasteiger partial charge >= 0.3 is 0 Å². The number of H-pyrrole nitrogens is 1. The molecule has 8 heteroatoms. The minimum Gasteiger partial charge on any atom is -0.497 e. The zero-order valence-corrected chi connectivity index (χ0v) is 15.8. The topological polar surface area (TPSA) is 63.1 Å². The summed E-state index contributed by atoms with van der Waals surface area (Å²) in [5, 5.41) is 6.95. The maximum absolute atomic E-state index is 13.8. The first-order chi connectivity index (χ1) is 13.0. The van der Waals surface area contributed by atoms with Crippen molar-refractivity contribution in [1.82, 2.24) is 19.7 Å². The van der Waals surface area contributed by atoms with E-state index >= 15 is 0 Å². The Bertz CT molecular complexity index is 997. The molecule has 0 saturated heterocycles. The van der Waals surface area contributed by atoms with Crippen LogP contribution in [0.1, 0.15) is 5.56 Å². The summed E-state index contributed by atoms with van der Waals surface area (Å²) >= 11 is 5.27. The molecule has 3 aromatic rings. The number of likely N-dealkylation sites (N-methyl/N-ethyl adjacent to an activating group) is 1. The average Bonchev–Trinajstić information content (AvgIpc) is 3.04. The van der Waals surface area contributed by atoms with Crippen molar-refractivity contribution in [3.05, 3.63) is 64.7 Å². The van der Waals surface area contributed by atoms with Crippen LogP contribution in [0.2, 0.25) is 0 Å². The van der Waals surface area contributed by atoms with Crippen molar-refractivity contribution in [3.63, 3.8) is 0 Å². The van der Waals surface area contributed by atoms with Crippen molar-refractivity contribution in [3.8, 4) is 17.1 Å². The highest BCUT2D eigenvalue weighted by atomic mass is 32.1. The molecule has 3 rings (SSSR count). The molecule has 0 unspecified atom stereocenters. The van der Waals surface area contributed by atoms with E-state index in [0.717, 1.165) is 11.3 Å². The van der Waals surface area contributed by atoms with E-state index in [-0.39, 0.29) is 24.8 Å². The van der Waals surface area contributed by atoms with E-state index in [4.69, 9.17) is 17.0 Å². The van der Waals surface area contributed by atoms with Crippen molar-refractivity contribution < 1.29 is 13.9 Å². The number of rotatable bonds is 6. The van der Waals surface area contributed by atoms with E-state index < -0.39 is 0 Å². The third-order valence-corrected chi connectivity index (χ3v) is 4.50. The van der Waals surface area contributed by atoms with E-state index in [1.165, 1.54) is 11.0 Å². The van der Waals surface area contributed by atoms with Crippen molar-refractivity contribution in [2.45, 2.75) is 13.1 Å². The lowest BCUT2D eigenvalue weighted by atomic mass is 10.2. The normalized spacial score (nSPS) is 10.6. The lowest BCUT2D eigenvalue weighted by molar-refractivity contribution is -0.131. The van der Waals surface area contributed by atoms with Crippen LogP contribution in [0.3, 0.4) is 0 Å². The van der Waals surface area contributed by atoms with Crippen LogP contribution in [0.5, 0.6) is 5.75 Å². The number of carbonyl (C=O) groups is 1. The third kappa shape index (κ3) is 4.22. The summed E-state index contributed by atoms with van der Waals surface area (Å²) in [7, 11) is 3.22. The summed E-state index contributed by atoms with van der Waals surface area (Å²) in [5.74, 6) is 0.733. The second kappa shape index (κ2) is 8.13. The fraction of sp³-hybridized carbons (Fsp3) is 0.211. The molecule has 1 N–H and O–H groups in total. The second-order valence-electron chi connectivity index (χ2n) is 6.01. The molecule has 140 valence electrons. The Hall–Kier alpha value is -3.00. The Morgan fingerprint density at radius 2 is 1.96 bits per heavy atom. The van der Waals surface area contributed by atoms with Gasteiger partial charge in [-0.2, -0.15) is 5.10 Å². The number of benzene rings is 2. The number of halogens is 1. The summed E-state index contributed by atoms with van der Waals surface area (Å²) in [4.78, 5) is 14.1. The smallest absolute Gasteiger partial charge is 0.242 e. The Balaban J connectivity index is 1.79. The van der Waals surface area contributed by atoms with Crippen LogP contribution in [-0.4, -0.2) is 39.7 Å². The SMILES string of the molecule is COc1ccc(-c2n[nH]c(=S)n2CC(=O)N(C)Cc2ccccc2F)cc1. The van der Waals surface area contributed by atoms with E-state index in [1.54, 1.807) is 36.9 Å². The predicted octanol–water partition coefficient (Wildman–Crippen LogP) is 3.41. The van der Waals surface area contributed by atoms with Crippen LogP contribution in [0.4, 0.5) is 4.39 Å². The number of nitrogens with zero attached hydrogens (tertiary/aromatic N) is 3. The van der Waals surface area contributed by atoms with Crippen LogP contribution in [-0.2, 0) is 17.9 Å². The molecular formula is C19H19FN4O2S. The first-order valence-corrected chi connectivity index (χ1v) is 8.67. The highest BCUT2D eigenvalue weighted by Crippen LogP contribution is 2.21. The lowest BCUT2D eigenvalue weighted by Crippen LogP contribution is -2.30. The molecule has 0 aliphatic heterocycles. The molecule has 0 spiro atoms. The maximum atomic E-state index is 13.8. The van der Waals surface area contributed by atoms with Gasteiger partial charge in [0.2, 0.25) is 5.91 Å². The van der Waals surface area contributed by atoms with Gasteiger partial charge in [-0.25, -0.2) is 4.39 Å². The molecule has 27 heavy (non-hydrogen) atoms. The van der Waals surface area contributed by atoms with Gasteiger partial charge < -0.3 is 9.64 Å². The van der Waals surface area contributed by atoms with Gasteiger partial charge in [0.1, 0.15) is 18.1 Å². The van der Waals surface area contributed by atoms with E-state index in [0.29, 0.717) is 16.2 Å². The number of aromatic nitrogens is 3. The summed E-state index contributed by atoms with van der Waals surface area (Å²) in [5.41, 5.74) is 1.26. The highest BCUT2D eigenvalue weighted by Gasteiger charge is 2.16. The quantitative estimate of drug-likeness (QED) is 0.660. The second-order valence-corrected chi connectivity index (χ2v) is 6.39. The molecule has 0 radical (unpaired) electrons. The van der Waals surface area contributed by atoms with E-state index in [1.807, 2.05) is 24.3 Å². The van der Waals surface area contributed by atoms with Crippen molar-refractivity contribution in [2.75, 3.05) is 14.2 Å². The summed E-state index contributed by atoms with van der Waals surface area (Å²) in [6, 6.07) is 13.7. The van der Waals surface area contributed by atoms with Gasteiger partial charge in [-0.1, -0.05) is 18.2 Å². The number of aromatic amines is 1. The van der Waals surface area contributed by atoms with Gasteiger partial charge in [-0.3, -0.25) is 14.5 Å². The highest BCUT2D eigenvalue weighted by molar-refractivity contribution is 7.71. The van der Waals surface area contributed by atoms with Crippen molar-refractivity contribution in [2.24, 2.45) is 0 Å². The van der Waals surface area contributed by atoms with Gasteiger partial charge in [0.25, 0.3) is 0 Å². The molecular weight excluding hydrogens is 367 g/mol. The molecule has 1 aromatic heterocycles. The molecule has 0 saturated carbocycles. The molecule has 0 aliphatic rings. The van der Waals surface area contributed by atoms with Crippen LogP contribution < -0.4 is 4.74 Å². The van der Waals surface area contributed by atoms with Gasteiger partial charge in [0.05, 0.1) is 7.11 Å². The minimum absolute atomic E-state index is 0.00164. The van der Waals surface area contributed by atoms with Crippen molar-refractivity contribution in [1.29, 1.82) is 0 Å².